The minimum atomic E-state index is -0.0814. The number of benzene rings is 3. The van der Waals surface area contributed by atoms with Crippen LogP contribution < -0.4 is 5.32 Å². The molecule has 7 aliphatic rings. The first-order chi connectivity index (χ1) is 23.8. The van der Waals surface area contributed by atoms with Crippen molar-refractivity contribution in [3.8, 4) is 0 Å². The molecule has 1 saturated heterocycles. The molecule has 49 heavy (non-hydrogen) atoms. The second kappa shape index (κ2) is 10.7. The molecule has 0 radical (unpaired) electrons. The van der Waals surface area contributed by atoms with Gasteiger partial charge in [0.25, 0.3) is 0 Å². The Kier molecular flexibility index (Phi) is 6.51. The van der Waals surface area contributed by atoms with Crippen LogP contribution in [-0.4, -0.2) is 10.3 Å². The Morgan fingerprint density at radius 2 is 1.57 bits per heavy atom. The van der Waals surface area contributed by atoms with E-state index >= 15 is 0 Å². The first kappa shape index (κ1) is 29.8. The van der Waals surface area contributed by atoms with Gasteiger partial charge >= 0.3 is 0 Å². The van der Waals surface area contributed by atoms with Crippen molar-refractivity contribution in [3.05, 3.63) is 171 Å². The molecule has 5 aliphatic carbocycles. The third kappa shape index (κ3) is 4.37. The average molecular weight is 657 g/mol. The minimum absolute atomic E-state index is 0.0305. The van der Waals surface area contributed by atoms with Gasteiger partial charge < -0.3 is 5.32 Å². The number of hydrogen-bond donors (Lipinski definition) is 1. The van der Waals surface area contributed by atoms with E-state index in [0.29, 0.717) is 28.9 Å². The molecule has 244 valence electrons. The molecule has 0 saturated carbocycles. The third-order valence-electron chi connectivity index (χ3n) is 12.9. The lowest BCUT2D eigenvalue weighted by Crippen LogP contribution is -2.28. The fraction of sp³-hybridized carbons (Fsp3) is 0.326. The van der Waals surface area contributed by atoms with E-state index in [4.69, 9.17) is 4.99 Å². The molecule has 3 aromatic rings. The van der Waals surface area contributed by atoms with Gasteiger partial charge in [0.05, 0.1) is 5.04 Å². The Hall–Kier alpha value is -4.08. The Labute approximate surface area is 295 Å². The van der Waals surface area contributed by atoms with E-state index in [-0.39, 0.29) is 17.0 Å². The van der Waals surface area contributed by atoms with Gasteiger partial charge in [0.1, 0.15) is 6.17 Å². The number of fused-ring (bicyclic) bond motifs is 8. The van der Waals surface area contributed by atoms with Crippen molar-refractivity contribution in [1.82, 2.24) is 5.32 Å². The summed E-state index contributed by atoms with van der Waals surface area (Å²) in [7, 11) is 0. The van der Waals surface area contributed by atoms with Crippen molar-refractivity contribution in [2.75, 3.05) is 0 Å². The van der Waals surface area contributed by atoms with Gasteiger partial charge in [-0.3, -0.25) is 0 Å². The molecule has 0 bridgehead atoms. The van der Waals surface area contributed by atoms with Crippen LogP contribution in [-0.2, 0) is 5.41 Å². The van der Waals surface area contributed by atoms with E-state index in [1.165, 1.54) is 55.3 Å². The first-order valence-corrected chi connectivity index (χ1v) is 19.2. The molecule has 0 amide bonds. The standard InChI is InChI=1S/C46H44N2S/c1-45(2)36-16-10-8-14-31(36)34-25-35-33-24-30(22-23-37(33)46(3,4)39(35)26-38(34)45)27-18-20-29(21-19-27)43-47-42(28-12-6-5-7-13-28)41-32-15-9-11-17-40(32)49-44(41)48-43/h5-14,16,18-23,25-26,30,32,34,38,40,43,47H,15,17,24H2,1-4H3. The molecule has 2 heterocycles. The quantitative estimate of drug-likeness (QED) is 0.284. The van der Waals surface area contributed by atoms with Crippen LogP contribution in [0.2, 0.25) is 0 Å². The maximum Gasteiger partial charge on any atom is 0.146 e. The Morgan fingerprint density at radius 1 is 0.816 bits per heavy atom. The lowest BCUT2D eigenvalue weighted by Gasteiger charge is -2.34. The minimum Gasteiger partial charge on any atom is -0.359 e. The van der Waals surface area contributed by atoms with Gasteiger partial charge in [0, 0.05) is 39.7 Å². The monoisotopic (exact) mass is 656 g/mol. The summed E-state index contributed by atoms with van der Waals surface area (Å²) in [6.07, 6.45) is 18.2. The number of thioether (sulfide) groups is 1. The Balaban J connectivity index is 0.940. The zero-order chi connectivity index (χ0) is 33.1. The zero-order valence-electron chi connectivity index (χ0n) is 28.9. The highest BCUT2D eigenvalue weighted by Crippen LogP contribution is 2.62. The SMILES string of the molecule is CC1(C)C2=CC3C(C=C2C2=C1C=CC(c1ccc(C4N=C5SC6CC=CCC6C5=C(c5ccccc5)N4)cc1)C2)c1ccccc1C3(C)C. The normalized spacial score (nSPS) is 31.1. The van der Waals surface area contributed by atoms with Crippen molar-refractivity contribution >= 4 is 22.5 Å². The average Bonchev–Trinajstić information content (AvgIpc) is 3.70. The molecule has 0 aromatic heterocycles. The molecule has 3 aromatic carbocycles. The smallest absolute Gasteiger partial charge is 0.146 e. The van der Waals surface area contributed by atoms with Crippen LogP contribution in [0, 0.1) is 17.3 Å². The summed E-state index contributed by atoms with van der Waals surface area (Å²) in [5, 5.41) is 5.74. The zero-order valence-corrected chi connectivity index (χ0v) is 29.7. The molecule has 2 aliphatic heterocycles. The van der Waals surface area contributed by atoms with Gasteiger partial charge in [-0.05, 0) is 80.7 Å². The summed E-state index contributed by atoms with van der Waals surface area (Å²) >= 11 is 2.00. The lowest BCUT2D eigenvalue weighted by molar-refractivity contribution is 0.385. The second-order valence-electron chi connectivity index (χ2n) is 16.2. The molecule has 6 atom stereocenters. The van der Waals surface area contributed by atoms with Crippen LogP contribution in [0.15, 0.2) is 148 Å². The topological polar surface area (TPSA) is 24.4 Å². The maximum atomic E-state index is 5.36. The molecule has 3 heteroatoms. The summed E-state index contributed by atoms with van der Waals surface area (Å²) in [5.41, 5.74) is 15.9. The number of allylic oxidation sites excluding steroid dienone is 10. The molecule has 1 fully saturated rings. The highest BCUT2D eigenvalue weighted by Gasteiger charge is 2.50. The number of nitrogens with one attached hydrogen (secondary N) is 1. The molecular weight excluding hydrogens is 613 g/mol. The summed E-state index contributed by atoms with van der Waals surface area (Å²) in [4.78, 5) is 5.36. The summed E-state index contributed by atoms with van der Waals surface area (Å²) in [6, 6.07) is 29.4. The van der Waals surface area contributed by atoms with Crippen molar-refractivity contribution in [3.63, 3.8) is 0 Å². The number of nitrogens with zero attached hydrogens (tertiary/aromatic N) is 1. The van der Waals surface area contributed by atoms with Crippen molar-refractivity contribution < 1.29 is 0 Å². The number of aliphatic imine (C=N–C) groups is 1. The van der Waals surface area contributed by atoms with Gasteiger partial charge in [-0.25, -0.2) is 4.99 Å². The molecule has 1 N–H and O–H groups in total. The Bertz CT molecular complexity index is 2120. The largest absolute Gasteiger partial charge is 0.359 e. The number of rotatable bonds is 3. The van der Waals surface area contributed by atoms with E-state index in [0.717, 1.165) is 19.3 Å². The van der Waals surface area contributed by atoms with Gasteiger partial charge in [-0.2, -0.15) is 0 Å². The molecule has 10 rings (SSSR count). The van der Waals surface area contributed by atoms with Crippen LogP contribution in [0.3, 0.4) is 0 Å². The van der Waals surface area contributed by atoms with E-state index in [1.807, 2.05) is 11.8 Å². The van der Waals surface area contributed by atoms with Crippen molar-refractivity contribution in [2.45, 2.75) is 75.6 Å². The Morgan fingerprint density at radius 3 is 2.41 bits per heavy atom. The second-order valence-corrected chi connectivity index (χ2v) is 17.4. The van der Waals surface area contributed by atoms with Gasteiger partial charge in [0.2, 0.25) is 0 Å². The molecule has 6 unspecified atom stereocenters. The third-order valence-corrected chi connectivity index (χ3v) is 14.3. The van der Waals surface area contributed by atoms with Crippen molar-refractivity contribution in [2.24, 2.45) is 22.2 Å². The first-order valence-electron chi connectivity index (χ1n) is 18.3. The van der Waals surface area contributed by atoms with Crippen LogP contribution >= 0.6 is 11.8 Å². The van der Waals surface area contributed by atoms with Crippen LogP contribution in [0.5, 0.6) is 0 Å². The highest BCUT2D eigenvalue weighted by molar-refractivity contribution is 8.15. The maximum absolute atomic E-state index is 5.36. The van der Waals surface area contributed by atoms with Crippen molar-refractivity contribution in [1.29, 1.82) is 0 Å². The van der Waals surface area contributed by atoms with E-state index in [1.54, 1.807) is 11.1 Å². The van der Waals surface area contributed by atoms with Gasteiger partial charge in [-0.1, -0.05) is 143 Å². The van der Waals surface area contributed by atoms with E-state index < -0.39 is 0 Å². The lowest BCUT2D eigenvalue weighted by atomic mass is 9.69. The predicted octanol–water partition coefficient (Wildman–Crippen LogP) is 11.1. The molecule has 2 nitrogen and oxygen atoms in total. The van der Waals surface area contributed by atoms with E-state index in [2.05, 4.69) is 148 Å². The highest BCUT2D eigenvalue weighted by atomic mass is 32.2. The summed E-state index contributed by atoms with van der Waals surface area (Å²) < 4.78 is 0. The van der Waals surface area contributed by atoms with Crippen LogP contribution in [0.1, 0.15) is 92.8 Å². The fourth-order valence-electron chi connectivity index (χ4n) is 10.2. The summed E-state index contributed by atoms with van der Waals surface area (Å²) in [6.45, 7) is 9.79. The fourth-order valence-corrected chi connectivity index (χ4v) is 11.7. The van der Waals surface area contributed by atoms with Crippen LogP contribution in [0.25, 0.3) is 5.70 Å². The molecule has 0 spiro atoms. The molecular formula is C46H44N2S. The van der Waals surface area contributed by atoms with Crippen LogP contribution in [0.4, 0.5) is 0 Å². The summed E-state index contributed by atoms with van der Waals surface area (Å²) in [5.74, 6) is 1.86. The number of hydrogen-bond acceptors (Lipinski definition) is 3. The van der Waals surface area contributed by atoms with E-state index in [9.17, 15) is 0 Å². The van der Waals surface area contributed by atoms with Gasteiger partial charge in [0.15, 0.2) is 0 Å². The predicted molar refractivity (Wildman–Crippen MR) is 206 cm³/mol. The van der Waals surface area contributed by atoms with Gasteiger partial charge in [-0.15, -0.1) is 11.8 Å².